The SMILES string of the molecule is Cc1cccc(C(=O)Nc2ccc(F)cc2Br)c1Br. The van der Waals surface area contributed by atoms with Crippen LogP contribution in [0.3, 0.4) is 0 Å². The zero-order valence-corrected chi connectivity index (χ0v) is 13.2. The number of nitrogens with one attached hydrogen (secondary N) is 1. The van der Waals surface area contributed by atoms with E-state index < -0.39 is 0 Å². The summed E-state index contributed by atoms with van der Waals surface area (Å²) in [5.41, 5.74) is 2.04. The summed E-state index contributed by atoms with van der Waals surface area (Å²) in [6, 6.07) is 9.57. The number of benzene rings is 2. The molecule has 0 bridgehead atoms. The lowest BCUT2D eigenvalue weighted by molar-refractivity contribution is 0.102. The normalized spacial score (nSPS) is 10.3. The van der Waals surface area contributed by atoms with E-state index in [2.05, 4.69) is 37.2 Å². The van der Waals surface area contributed by atoms with Crippen molar-refractivity contribution in [3.05, 3.63) is 62.3 Å². The molecule has 2 aromatic carbocycles. The second kappa shape index (κ2) is 5.84. The zero-order valence-electron chi connectivity index (χ0n) is 10.0. The fourth-order valence-electron chi connectivity index (χ4n) is 1.60. The molecule has 0 aliphatic heterocycles. The molecule has 0 aliphatic rings. The number of rotatable bonds is 2. The van der Waals surface area contributed by atoms with Gasteiger partial charge in [0.2, 0.25) is 0 Å². The van der Waals surface area contributed by atoms with Gasteiger partial charge in [-0.2, -0.15) is 0 Å². The van der Waals surface area contributed by atoms with Crippen molar-refractivity contribution in [1.29, 1.82) is 0 Å². The molecule has 2 aromatic rings. The topological polar surface area (TPSA) is 29.1 Å². The highest BCUT2D eigenvalue weighted by atomic mass is 79.9. The van der Waals surface area contributed by atoms with Gasteiger partial charge >= 0.3 is 0 Å². The molecule has 2 nitrogen and oxygen atoms in total. The molecule has 98 valence electrons. The number of carbonyl (C=O) groups excluding carboxylic acids is 1. The van der Waals surface area contributed by atoms with Crippen LogP contribution in [0.1, 0.15) is 15.9 Å². The van der Waals surface area contributed by atoms with Gasteiger partial charge in [-0.25, -0.2) is 4.39 Å². The summed E-state index contributed by atoms with van der Waals surface area (Å²) in [5, 5.41) is 2.74. The van der Waals surface area contributed by atoms with Gasteiger partial charge in [-0.3, -0.25) is 4.79 Å². The van der Waals surface area contributed by atoms with Crippen molar-refractivity contribution in [1.82, 2.24) is 0 Å². The molecule has 0 aliphatic carbocycles. The van der Waals surface area contributed by atoms with Crippen LogP contribution in [0, 0.1) is 12.7 Å². The van der Waals surface area contributed by atoms with Gasteiger partial charge in [0.25, 0.3) is 5.91 Å². The second-order valence-corrected chi connectivity index (χ2v) is 5.66. The summed E-state index contributed by atoms with van der Waals surface area (Å²) in [5.74, 6) is -0.607. The Labute approximate surface area is 127 Å². The number of aryl methyl sites for hydroxylation is 1. The van der Waals surface area contributed by atoms with E-state index in [-0.39, 0.29) is 11.7 Å². The molecule has 0 saturated carbocycles. The van der Waals surface area contributed by atoms with Crippen molar-refractivity contribution in [2.75, 3.05) is 5.32 Å². The van der Waals surface area contributed by atoms with Crippen molar-refractivity contribution in [2.45, 2.75) is 6.92 Å². The molecule has 0 unspecified atom stereocenters. The Bertz CT molecular complexity index is 643. The molecule has 0 radical (unpaired) electrons. The van der Waals surface area contributed by atoms with Crippen molar-refractivity contribution < 1.29 is 9.18 Å². The summed E-state index contributed by atoms with van der Waals surface area (Å²) in [6.07, 6.45) is 0. The van der Waals surface area contributed by atoms with Crippen LogP contribution in [-0.4, -0.2) is 5.91 Å². The van der Waals surface area contributed by atoms with Crippen molar-refractivity contribution in [2.24, 2.45) is 0 Å². The van der Waals surface area contributed by atoms with Crippen LogP contribution in [0.2, 0.25) is 0 Å². The van der Waals surface area contributed by atoms with E-state index in [0.29, 0.717) is 15.7 Å². The molecule has 0 spiro atoms. The Kier molecular flexibility index (Phi) is 4.37. The van der Waals surface area contributed by atoms with E-state index in [1.165, 1.54) is 18.2 Å². The summed E-state index contributed by atoms with van der Waals surface area (Å²) >= 11 is 6.61. The van der Waals surface area contributed by atoms with Crippen molar-refractivity contribution in [3.63, 3.8) is 0 Å². The first-order valence-electron chi connectivity index (χ1n) is 5.50. The maximum absolute atomic E-state index is 13.0. The van der Waals surface area contributed by atoms with Crippen LogP contribution >= 0.6 is 31.9 Å². The minimum Gasteiger partial charge on any atom is -0.321 e. The molecule has 0 aromatic heterocycles. The van der Waals surface area contributed by atoms with Gasteiger partial charge in [0.05, 0.1) is 11.3 Å². The monoisotopic (exact) mass is 385 g/mol. The third kappa shape index (κ3) is 3.22. The maximum Gasteiger partial charge on any atom is 0.256 e. The average Bonchev–Trinajstić information content (AvgIpc) is 2.36. The minimum atomic E-state index is -0.360. The van der Waals surface area contributed by atoms with Crippen molar-refractivity contribution >= 4 is 43.5 Å². The molecule has 5 heteroatoms. The van der Waals surface area contributed by atoms with Gasteiger partial charge in [0, 0.05) is 8.95 Å². The summed E-state index contributed by atoms with van der Waals surface area (Å²) in [4.78, 5) is 12.2. The molecular formula is C14H10Br2FNO. The molecule has 2 rings (SSSR count). The lowest BCUT2D eigenvalue weighted by Gasteiger charge is -2.10. The van der Waals surface area contributed by atoms with Gasteiger partial charge < -0.3 is 5.32 Å². The van der Waals surface area contributed by atoms with E-state index in [9.17, 15) is 9.18 Å². The Hall–Kier alpha value is -1.20. The van der Waals surface area contributed by atoms with Gasteiger partial charge in [-0.05, 0) is 68.6 Å². The predicted octanol–water partition coefficient (Wildman–Crippen LogP) is 4.91. The largest absolute Gasteiger partial charge is 0.321 e. The van der Waals surface area contributed by atoms with Crippen LogP contribution < -0.4 is 5.32 Å². The maximum atomic E-state index is 13.0. The number of halogens is 3. The smallest absolute Gasteiger partial charge is 0.256 e. The number of hydrogen-bond donors (Lipinski definition) is 1. The van der Waals surface area contributed by atoms with E-state index in [1.54, 1.807) is 6.07 Å². The van der Waals surface area contributed by atoms with Crippen LogP contribution in [0.15, 0.2) is 45.3 Å². The van der Waals surface area contributed by atoms with Crippen LogP contribution in [0.5, 0.6) is 0 Å². The van der Waals surface area contributed by atoms with Gasteiger partial charge in [0.15, 0.2) is 0 Å². The fourth-order valence-corrected chi connectivity index (χ4v) is 2.50. The Morgan fingerprint density at radius 2 is 1.95 bits per heavy atom. The van der Waals surface area contributed by atoms with Gasteiger partial charge in [-0.1, -0.05) is 12.1 Å². The predicted molar refractivity (Wildman–Crippen MR) is 80.9 cm³/mol. The minimum absolute atomic E-state index is 0.247. The molecule has 1 amide bonds. The van der Waals surface area contributed by atoms with Crippen LogP contribution in [0.25, 0.3) is 0 Å². The first-order chi connectivity index (χ1) is 8.99. The lowest BCUT2D eigenvalue weighted by atomic mass is 10.1. The van der Waals surface area contributed by atoms with E-state index in [1.807, 2.05) is 19.1 Å². The summed E-state index contributed by atoms with van der Waals surface area (Å²) < 4.78 is 14.2. The van der Waals surface area contributed by atoms with Crippen LogP contribution in [0.4, 0.5) is 10.1 Å². The van der Waals surface area contributed by atoms with Crippen LogP contribution in [-0.2, 0) is 0 Å². The highest BCUT2D eigenvalue weighted by molar-refractivity contribution is 9.11. The molecular weight excluding hydrogens is 377 g/mol. The molecule has 0 saturated heterocycles. The zero-order chi connectivity index (χ0) is 14.0. The average molecular weight is 387 g/mol. The van der Waals surface area contributed by atoms with E-state index in [0.717, 1.165) is 10.0 Å². The highest BCUT2D eigenvalue weighted by Gasteiger charge is 2.13. The Morgan fingerprint density at radius 1 is 1.21 bits per heavy atom. The first-order valence-corrected chi connectivity index (χ1v) is 7.09. The van der Waals surface area contributed by atoms with Crippen molar-refractivity contribution in [3.8, 4) is 0 Å². The highest BCUT2D eigenvalue weighted by Crippen LogP contribution is 2.26. The summed E-state index contributed by atoms with van der Waals surface area (Å²) in [6.45, 7) is 1.91. The Balaban J connectivity index is 2.28. The second-order valence-electron chi connectivity index (χ2n) is 4.01. The first kappa shape index (κ1) is 14.2. The number of carbonyl (C=O) groups is 1. The number of anilines is 1. The van der Waals surface area contributed by atoms with E-state index >= 15 is 0 Å². The lowest BCUT2D eigenvalue weighted by Crippen LogP contribution is -2.13. The molecule has 19 heavy (non-hydrogen) atoms. The molecule has 0 fully saturated rings. The standard InChI is InChI=1S/C14H10Br2FNO/c1-8-3-2-4-10(13(8)16)14(19)18-12-6-5-9(17)7-11(12)15/h2-7H,1H3,(H,18,19). The third-order valence-corrected chi connectivity index (χ3v) is 4.32. The Morgan fingerprint density at radius 3 is 2.63 bits per heavy atom. The quantitative estimate of drug-likeness (QED) is 0.780. The number of hydrogen-bond acceptors (Lipinski definition) is 1. The third-order valence-electron chi connectivity index (χ3n) is 2.62. The number of amides is 1. The van der Waals surface area contributed by atoms with E-state index in [4.69, 9.17) is 0 Å². The molecule has 0 atom stereocenters. The van der Waals surface area contributed by atoms with Gasteiger partial charge in [-0.15, -0.1) is 0 Å². The molecule has 1 N–H and O–H groups in total. The summed E-state index contributed by atoms with van der Waals surface area (Å²) in [7, 11) is 0. The molecule has 0 heterocycles. The van der Waals surface area contributed by atoms with Gasteiger partial charge in [0.1, 0.15) is 5.82 Å². The fraction of sp³-hybridized carbons (Fsp3) is 0.0714.